The van der Waals surface area contributed by atoms with Gasteiger partial charge in [-0.15, -0.1) is 0 Å². The van der Waals surface area contributed by atoms with Crippen molar-refractivity contribution in [3.8, 4) is 5.75 Å². The van der Waals surface area contributed by atoms with Crippen LogP contribution in [-0.2, 0) is 0 Å². The highest BCUT2D eigenvalue weighted by molar-refractivity contribution is 5.60. The minimum atomic E-state index is 0.289. The molecule has 0 aliphatic carbocycles. The first-order valence-corrected chi connectivity index (χ1v) is 8.44. The van der Waals surface area contributed by atoms with Gasteiger partial charge in [-0.1, -0.05) is 32.3 Å². The van der Waals surface area contributed by atoms with Crippen LogP contribution in [0.1, 0.15) is 51.0 Å². The molecule has 118 valence electrons. The van der Waals surface area contributed by atoms with Gasteiger partial charge in [0.25, 0.3) is 0 Å². The topological polar surface area (TPSA) is 38.5 Å². The average molecular weight is 290 g/mol. The lowest BCUT2D eigenvalue weighted by molar-refractivity contribution is 0.304. The standard InChI is InChI=1S/C18H30N2O/c1-3-4-5-6-12-21-18-10-9-15(2)13-17(18)20-11-7-8-16(19)14-20/h9-10,13,16H,3-8,11-12,14,19H2,1-2H3. The number of nitrogens with zero attached hydrogens (tertiary/aromatic N) is 1. The lowest BCUT2D eigenvalue weighted by Crippen LogP contribution is -2.43. The number of unbranched alkanes of at least 4 members (excludes halogenated alkanes) is 3. The largest absolute Gasteiger partial charge is 0.491 e. The van der Waals surface area contributed by atoms with Crippen LogP contribution in [0.5, 0.6) is 5.75 Å². The van der Waals surface area contributed by atoms with Crippen LogP contribution in [0.15, 0.2) is 18.2 Å². The molecule has 3 heteroatoms. The molecule has 1 saturated heterocycles. The van der Waals surface area contributed by atoms with Gasteiger partial charge in [-0.3, -0.25) is 0 Å². The Kier molecular flexibility index (Phi) is 6.37. The fourth-order valence-corrected chi connectivity index (χ4v) is 2.94. The van der Waals surface area contributed by atoms with Crippen LogP contribution < -0.4 is 15.4 Å². The van der Waals surface area contributed by atoms with Crippen LogP contribution in [0.25, 0.3) is 0 Å². The molecule has 1 atom stereocenters. The molecular weight excluding hydrogens is 260 g/mol. The van der Waals surface area contributed by atoms with Crippen LogP contribution in [0.4, 0.5) is 5.69 Å². The summed E-state index contributed by atoms with van der Waals surface area (Å²) in [5, 5.41) is 0. The molecule has 0 bridgehead atoms. The maximum Gasteiger partial charge on any atom is 0.142 e. The molecule has 1 aliphatic rings. The lowest BCUT2D eigenvalue weighted by Gasteiger charge is -2.33. The highest BCUT2D eigenvalue weighted by Crippen LogP contribution is 2.31. The van der Waals surface area contributed by atoms with Crippen molar-refractivity contribution < 1.29 is 4.74 Å². The summed E-state index contributed by atoms with van der Waals surface area (Å²) in [6.45, 7) is 7.21. The summed E-state index contributed by atoms with van der Waals surface area (Å²) in [5.41, 5.74) is 8.63. The van der Waals surface area contributed by atoms with E-state index in [-0.39, 0.29) is 6.04 Å². The first-order chi connectivity index (χ1) is 10.2. The van der Waals surface area contributed by atoms with Crippen molar-refractivity contribution in [3.05, 3.63) is 23.8 Å². The van der Waals surface area contributed by atoms with Crippen molar-refractivity contribution in [1.82, 2.24) is 0 Å². The van der Waals surface area contributed by atoms with E-state index in [1.807, 2.05) is 0 Å². The summed E-state index contributed by atoms with van der Waals surface area (Å²) >= 11 is 0. The maximum absolute atomic E-state index is 6.12. The normalized spacial score (nSPS) is 18.8. The molecule has 0 spiro atoms. The summed E-state index contributed by atoms with van der Waals surface area (Å²) < 4.78 is 6.04. The molecule has 1 fully saturated rings. The Hall–Kier alpha value is -1.22. The summed E-state index contributed by atoms with van der Waals surface area (Å²) in [6, 6.07) is 6.77. The maximum atomic E-state index is 6.12. The third-order valence-corrected chi connectivity index (χ3v) is 4.17. The average Bonchev–Trinajstić information content (AvgIpc) is 2.48. The predicted octanol–water partition coefficient (Wildman–Crippen LogP) is 3.88. The van der Waals surface area contributed by atoms with Gasteiger partial charge < -0.3 is 15.4 Å². The van der Waals surface area contributed by atoms with Crippen LogP contribution in [0.3, 0.4) is 0 Å². The van der Waals surface area contributed by atoms with E-state index in [0.717, 1.165) is 38.3 Å². The van der Waals surface area contributed by atoms with Crippen LogP contribution in [0.2, 0.25) is 0 Å². The van der Waals surface area contributed by atoms with E-state index in [0.29, 0.717) is 0 Å². The van der Waals surface area contributed by atoms with Gasteiger partial charge in [0, 0.05) is 19.1 Å². The molecule has 2 rings (SSSR count). The SMILES string of the molecule is CCCCCCOc1ccc(C)cc1N1CCCC(N)C1. The molecule has 1 heterocycles. The number of aryl methyl sites for hydroxylation is 1. The molecule has 3 nitrogen and oxygen atoms in total. The van der Waals surface area contributed by atoms with Crippen molar-refractivity contribution in [2.75, 3.05) is 24.6 Å². The summed E-state index contributed by atoms with van der Waals surface area (Å²) in [5.74, 6) is 1.02. The second-order valence-corrected chi connectivity index (χ2v) is 6.23. The Bertz CT molecular complexity index is 433. The molecule has 0 saturated carbocycles. The first-order valence-electron chi connectivity index (χ1n) is 8.44. The second-order valence-electron chi connectivity index (χ2n) is 6.23. The zero-order chi connectivity index (χ0) is 15.1. The van der Waals surface area contributed by atoms with Gasteiger partial charge in [0.2, 0.25) is 0 Å². The number of nitrogens with two attached hydrogens (primary N) is 1. The number of piperidine rings is 1. The third-order valence-electron chi connectivity index (χ3n) is 4.17. The van der Waals surface area contributed by atoms with Crippen molar-refractivity contribution in [1.29, 1.82) is 0 Å². The zero-order valence-corrected chi connectivity index (χ0v) is 13.6. The smallest absolute Gasteiger partial charge is 0.142 e. The minimum absolute atomic E-state index is 0.289. The number of hydrogen-bond acceptors (Lipinski definition) is 3. The van der Waals surface area contributed by atoms with Gasteiger partial charge in [-0.25, -0.2) is 0 Å². The lowest BCUT2D eigenvalue weighted by atomic mass is 10.0. The van der Waals surface area contributed by atoms with E-state index < -0.39 is 0 Å². The van der Waals surface area contributed by atoms with Gasteiger partial charge in [0.05, 0.1) is 12.3 Å². The van der Waals surface area contributed by atoms with Gasteiger partial charge in [-0.2, -0.15) is 0 Å². The van der Waals surface area contributed by atoms with Crippen molar-refractivity contribution >= 4 is 5.69 Å². The number of ether oxygens (including phenoxy) is 1. The van der Waals surface area contributed by atoms with Crippen LogP contribution in [-0.4, -0.2) is 25.7 Å². The molecule has 21 heavy (non-hydrogen) atoms. The Balaban J connectivity index is 1.99. The highest BCUT2D eigenvalue weighted by Gasteiger charge is 2.20. The van der Waals surface area contributed by atoms with Gasteiger partial charge >= 0.3 is 0 Å². The van der Waals surface area contributed by atoms with Crippen molar-refractivity contribution in [3.63, 3.8) is 0 Å². The van der Waals surface area contributed by atoms with Crippen LogP contribution in [0, 0.1) is 6.92 Å². The van der Waals surface area contributed by atoms with E-state index in [2.05, 4.69) is 36.9 Å². The Morgan fingerprint density at radius 2 is 2.14 bits per heavy atom. The molecular formula is C18H30N2O. The molecule has 1 aromatic rings. The quantitative estimate of drug-likeness (QED) is 0.774. The molecule has 0 radical (unpaired) electrons. The summed E-state index contributed by atoms with van der Waals surface area (Å²) in [4.78, 5) is 2.39. The van der Waals surface area contributed by atoms with Crippen LogP contribution >= 0.6 is 0 Å². The number of benzene rings is 1. The fourth-order valence-electron chi connectivity index (χ4n) is 2.94. The van der Waals surface area contributed by atoms with E-state index in [9.17, 15) is 0 Å². The molecule has 2 N–H and O–H groups in total. The third kappa shape index (κ3) is 4.92. The Morgan fingerprint density at radius 1 is 1.29 bits per heavy atom. The predicted molar refractivity (Wildman–Crippen MR) is 90.2 cm³/mol. The number of hydrogen-bond donors (Lipinski definition) is 1. The van der Waals surface area contributed by atoms with E-state index >= 15 is 0 Å². The summed E-state index contributed by atoms with van der Waals surface area (Å²) in [6.07, 6.45) is 7.26. The summed E-state index contributed by atoms with van der Waals surface area (Å²) in [7, 11) is 0. The molecule has 0 amide bonds. The number of rotatable bonds is 7. The molecule has 1 aromatic carbocycles. The van der Waals surface area contributed by atoms with Crippen molar-refractivity contribution in [2.24, 2.45) is 5.73 Å². The number of anilines is 1. The molecule has 1 aliphatic heterocycles. The first kappa shape index (κ1) is 16.2. The monoisotopic (exact) mass is 290 g/mol. The molecule has 0 aromatic heterocycles. The zero-order valence-electron chi connectivity index (χ0n) is 13.6. The van der Waals surface area contributed by atoms with Crippen molar-refractivity contribution in [2.45, 2.75) is 58.4 Å². The second kappa shape index (κ2) is 8.28. The van der Waals surface area contributed by atoms with E-state index in [4.69, 9.17) is 10.5 Å². The van der Waals surface area contributed by atoms with Gasteiger partial charge in [0.15, 0.2) is 0 Å². The van der Waals surface area contributed by atoms with E-state index in [1.54, 1.807) is 0 Å². The van der Waals surface area contributed by atoms with E-state index in [1.165, 1.54) is 36.9 Å². The Morgan fingerprint density at radius 3 is 2.90 bits per heavy atom. The highest BCUT2D eigenvalue weighted by atomic mass is 16.5. The van der Waals surface area contributed by atoms with Gasteiger partial charge in [-0.05, 0) is 43.9 Å². The fraction of sp³-hybridized carbons (Fsp3) is 0.667. The minimum Gasteiger partial charge on any atom is -0.491 e. The van der Waals surface area contributed by atoms with Gasteiger partial charge in [0.1, 0.15) is 5.75 Å². The Labute approximate surface area is 129 Å². The molecule has 1 unspecified atom stereocenters.